The fourth-order valence-corrected chi connectivity index (χ4v) is 2.30. The van der Waals surface area contributed by atoms with Crippen molar-refractivity contribution in [1.82, 2.24) is 5.32 Å². The van der Waals surface area contributed by atoms with E-state index in [9.17, 15) is 5.11 Å². The molecule has 2 N–H and O–H groups in total. The average Bonchev–Trinajstić information content (AvgIpc) is 3.19. The number of ether oxygens (including phenoxy) is 1. The van der Waals surface area contributed by atoms with Crippen LogP contribution in [0.3, 0.4) is 0 Å². The molecule has 3 nitrogen and oxygen atoms in total. The molecular formula is C15H23NO2. The van der Waals surface area contributed by atoms with Crippen molar-refractivity contribution in [3.05, 3.63) is 29.3 Å². The predicted octanol–water partition coefficient (Wildman–Crippen LogP) is 2.57. The molecule has 2 atom stereocenters. The van der Waals surface area contributed by atoms with Crippen molar-refractivity contribution in [3.8, 4) is 5.75 Å². The van der Waals surface area contributed by atoms with Crippen LogP contribution in [0.1, 0.15) is 43.4 Å². The molecule has 1 aromatic carbocycles. The molecule has 0 heterocycles. The van der Waals surface area contributed by atoms with Gasteiger partial charge in [0.1, 0.15) is 5.75 Å². The summed E-state index contributed by atoms with van der Waals surface area (Å²) in [5, 5.41) is 13.9. The summed E-state index contributed by atoms with van der Waals surface area (Å²) < 4.78 is 5.24. The molecule has 0 saturated heterocycles. The van der Waals surface area contributed by atoms with Crippen molar-refractivity contribution in [1.29, 1.82) is 0 Å². The maximum atomic E-state index is 10.4. The Morgan fingerprint density at radius 3 is 2.67 bits per heavy atom. The van der Waals surface area contributed by atoms with E-state index in [0.717, 1.165) is 23.3 Å². The summed E-state index contributed by atoms with van der Waals surface area (Å²) in [4.78, 5) is 0. The zero-order valence-electron chi connectivity index (χ0n) is 11.4. The minimum absolute atomic E-state index is 0.144. The molecule has 1 aliphatic rings. The average molecular weight is 249 g/mol. The van der Waals surface area contributed by atoms with Gasteiger partial charge in [0.15, 0.2) is 0 Å². The van der Waals surface area contributed by atoms with E-state index in [4.69, 9.17) is 4.74 Å². The molecule has 0 spiro atoms. The molecule has 0 bridgehead atoms. The number of methoxy groups -OCH3 is 1. The van der Waals surface area contributed by atoms with Gasteiger partial charge < -0.3 is 15.2 Å². The van der Waals surface area contributed by atoms with Crippen LogP contribution < -0.4 is 10.1 Å². The third-order valence-corrected chi connectivity index (χ3v) is 3.61. The second-order valence-electron chi connectivity index (χ2n) is 5.13. The molecule has 1 fully saturated rings. The highest BCUT2D eigenvalue weighted by molar-refractivity contribution is 5.37. The van der Waals surface area contributed by atoms with Crippen LogP contribution in [-0.4, -0.2) is 24.3 Å². The summed E-state index contributed by atoms with van der Waals surface area (Å²) in [7, 11) is 1.67. The fourth-order valence-electron chi connectivity index (χ4n) is 2.30. The Morgan fingerprint density at radius 2 is 2.17 bits per heavy atom. The molecule has 2 unspecified atom stereocenters. The van der Waals surface area contributed by atoms with Crippen LogP contribution in [0.5, 0.6) is 5.75 Å². The van der Waals surface area contributed by atoms with Crippen molar-refractivity contribution in [2.24, 2.45) is 0 Å². The number of aliphatic hydroxyl groups excluding tert-OH is 1. The predicted molar refractivity (Wildman–Crippen MR) is 72.9 cm³/mol. The van der Waals surface area contributed by atoms with E-state index < -0.39 is 6.10 Å². The van der Waals surface area contributed by atoms with Crippen LogP contribution in [0.25, 0.3) is 0 Å². The Bertz CT molecular complexity index is 401. The van der Waals surface area contributed by atoms with Crippen LogP contribution in [-0.2, 0) is 0 Å². The van der Waals surface area contributed by atoms with E-state index in [0.29, 0.717) is 6.04 Å². The van der Waals surface area contributed by atoms with Crippen LogP contribution in [0.2, 0.25) is 0 Å². The van der Waals surface area contributed by atoms with Gasteiger partial charge in [0.2, 0.25) is 0 Å². The molecule has 1 aromatic rings. The standard InChI is InChI=1S/C15H23NO2/c1-4-13(16-12-6-7-12)15(17)11-5-8-14(18-3)10(2)9-11/h5,8-9,12-13,15-17H,4,6-7H2,1-3H3. The van der Waals surface area contributed by atoms with Gasteiger partial charge in [-0.2, -0.15) is 0 Å². The molecule has 2 rings (SSSR count). The number of aliphatic hydroxyl groups is 1. The minimum atomic E-state index is -0.444. The Hall–Kier alpha value is -1.06. The van der Waals surface area contributed by atoms with Crippen LogP contribution in [0, 0.1) is 6.92 Å². The Morgan fingerprint density at radius 1 is 1.44 bits per heavy atom. The van der Waals surface area contributed by atoms with Gasteiger partial charge in [-0.15, -0.1) is 0 Å². The van der Waals surface area contributed by atoms with Gasteiger partial charge in [-0.1, -0.05) is 13.0 Å². The lowest BCUT2D eigenvalue weighted by atomic mass is 9.98. The monoisotopic (exact) mass is 249 g/mol. The van der Waals surface area contributed by atoms with Gasteiger partial charge >= 0.3 is 0 Å². The number of rotatable bonds is 6. The molecular weight excluding hydrogens is 226 g/mol. The minimum Gasteiger partial charge on any atom is -0.496 e. The van der Waals surface area contributed by atoms with Crippen molar-refractivity contribution >= 4 is 0 Å². The van der Waals surface area contributed by atoms with Gasteiger partial charge in [-0.05, 0) is 49.4 Å². The van der Waals surface area contributed by atoms with Crippen LogP contribution >= 0.6 is 0 Å². The van der Waals surface area contributed by atoms with E-state index >= 15 is 0 Å². The summed E-state index contributed by atoms with van der Waals surface area (Å²) in [5.74, 6) is 0.870. The molecule has 100 valence electrons. The second-order valence-corrected chi connectivity index (χ2v) is 5.13. The molecule has 18 heavy (non-hydrogen) atoms. The first-order valence-electron chi connectivity index (χ1n) is 6.74. The third kappa shape index (κ3) is 3.03. The van der Waals surface area contributed by atoms with Gasteiger partial charge in [0, 0.05) is 12.1 Å². The van der Waals surface area contributed by atoms with Gasteiger partial charge in [0.25, 0.3) is 0 Å². The van der Waals surface area contributed by atoms with Crippen molar-refractivity contribution in [2.75, 3.05) is 7.11 Å². The lowest BCUT2D eigenvalue weighted by Gasteiger charge is -2.24. The highest BCUT2D eigenvalue weighted by atomic mass is 16.5. The summed E-state index contributed by atoms with van der Waals surface area (Å²) in [6.45, 7) is 4.12. The molecule has 1 saturated carbocycles. The maximum Gasteiger partial charge on any atom is 0.121 e. The Kier molecular flexibility index (Phi) is 4.25. The first-order chi connectivity index (χ1) is 8.65. The van der Waals surface area contributed by atoms with Crippen LogP contribution in [0.15, 0.2) is 18.2 Å². The normalized spacial score (nSPS) is 18.4. The lowest BCUT2D eigenvalue weighted by Crippen LogP contribution is -2.35. The summed E-state index contributed by atoms with van der Waals surface area (Å²) in [6, 6.07) is 6.65. The first kappa shape index (κ1) is 13.4. The third-order valence-electron chi connectivity index (χ3n) is 3.61. The zero-order chi connectivity index (χ0) is 13.1. The van der Waals surface area contributed by atoms with Gasteiger partial charge in [-0.3, -0.25) is 0 Å². The van der Waals surface area contributed by atoms with E-state index in [-0.39, 0.29) is 6.04 Å². The zero-order valence-corrected chi connectivity index (χ0v) is 11.4. The van der Waals surface area contributed by atoms with Crippen molar-refractivity contribution < 1.29 is 9.84 Å². The van der Waals surface area contributed by atoms with Crippen molar-refractivity contribution in [3.63, 3.8) is 0 Å². The van der Waals surface area contributed by atoms with E-state index in [2.05, 4.69) is 12.2 Å². The summed E-state index contributed by atoms with van der Waals surface area (Å²) >= 11 is 0. The molecule has 0 amide bonds. The Balaban J connectivity index is 2.10. The topological polar surface area (TPSA) is 41.5 Å². The summed E-state index contributed by atoms with van der Waals surface area (Å²) in [6.07, 6.45) is 2.97. The lowest BCUT2D eigenvalue weighted by molar-refractivity contribution is 0.125. The number of nitrogens with one attached hydrogen (secondary N) is 1. The van der Waals surface area contributed by atoms with E-state index in [1.807, 2.05) is 25.1 Å². The molecule has 0 aliphatic heterocycles. The van der Waals surface area contributed by atoms with E-state index in [1.165, 1.54) is 12.8 Å². The number of hydrogen-bond donors (Lipinski definition) is 2. The quantitative estimate of drug-likeness (QED) is 0.814. The SMILES string of the molecule is CCC(NC1CC1)C(O)c1ccc(OC)c(C)c1. The molecule has 0 aromatic heterocycles. The van der Waals surface area contributed by atoms with Gasteiger partial charge in [0.05, 0.1) is 13.2 Å². The Labute approximate surface area is 109 Å². The fraction of sp³-hybridized carbons (Fsp3) is 0.600. The molecule has 1 aliphatic carbocycles. The highest BCUT2D eigenvalue weighted by Crippen LogP contribution is 2.28. The number of benzene rings is 1. The van der Waals surface area contributed by atoms with Crippen molar-refractivity contribution in [2.45, 2.75) is 51.3 Å². The van der Waals surface area contributed by atoms with Gasteiger partial charge in [-0.25, -0.2) is 0 Å². The maximum absolute atomic E-state index is 10.4. The highest BCUT2D eigenvalue weighted by Gasteiger charge is 2.28. The van der Waals surface area contributed by atoms with E-state index in [1.54, 1.807) is 7.11 Å². The molecule has 0 radical (unpaired) electrons. The largest absolute Gasteiger partial charge is 0.496 e. The smallest absolute Gasteiger partial charge is 0.121 e. The number of aryl methyl sites for hydroxylation is 1. The first-order valence-corrected chi connectivity index (χ1v) is 6.74. The molecule has 3 heteroatoms. The van der Waals surface area contributed by atoms with Crippen LogP contribution in [0.4, 0.5) is 0 Å². The second kappa shape index (κ2) is 5.72. The number of hydrogen-bond acceptors (Lipinski definition) is 3. The summed E-state index contributed by atoms with van der Waals surface area (Å²) in [5.41, 5.74) is 2.03.